The number of carbonyl (C=O) groups is 4. The van der Waals surface area contributed by atoms with E-state index in [4.69, 9.17) is 14.2 Å². The molecule has 0 radical (unpaired) electrons. The number of amides is 1. The van der Waals surface area contributed by atoms with Crippen molar-refractivity contribution >= 4 is 23.6 Å². The van der Waals surface area contributed by atoms with Crippen molar-refractivity contribution in [2.75, 3.05) is 13.7 Å². The van der Waals surface area contributed by atoms with Gasteiger partial charge >= 0.3 is 12.1 Å². The Morgan fingerprint density at radius 3 is 2.36 bits per heavy atom. The molecule has 258 valence electrons. The number of esters is 1. The molecule has 2 saturated heterocycles. The Balaban J connectivity index is 1.60. The number of halogens is 1. The fraction of sp³-hybridized carbons (Fsp3) is 0.657. The summed E-state index contributed by atoms with van der Waals surface area (Å²) in [5, 5.41) is 0. The van der Waals surface area contributed by atoms with Gasteiger partial charge in [0.1, 0.15) is 11.9 Å². The molecule has 11 nitrogen and oxygen atoms in total. The van der Waals surface area contributed by atoms with Gasteiger partial charge < -0.3 is 23.7 Å². The summed E-state index contributed by atoms with van der Waals surface area (Å²) in [6, 6.07) is 2.98. The second-order valence-corrected chi connectivity index (χ2v) is 13.9. The number of fused-ring (bicyclic) bond motifs is 1. The van der Waals surface area contributed by atoms with E-state index in [1.54, 1.807) is 65.2 Å². The second kappa shape index (κ2) is 14.2. The van der Waals surface area contributed by atoms with Crippen LogP contribution in [0.1, 0.15) is 80.6 Å². The number of Topliss-reactive ketones (excluding diaryl/α,β-unsaturated/α-hetero) is 2. The first-order chi connectivity index (χ1) is 22.1. The topological polar surface area (TPSA) is 130 Å². The maximum atomic E-state index is 16.0. The number of ether oxygens (including phenoxy) is 3. The number of aromatic nitrogens is 3. The van der Waals surface area contributed by atoms with Gasteiger partial charge in [-0.2, -0.15) is 0 Å². The minimum absolute atomic E-state index is 0.105. The van der Waals surface area contributed by atoms with Crippen LogP contribution in [0, 0.1) is 17.8 Å². The van der Waals surface area contributed by atoms with Crippen molar-refractivity contribution in [2.24, 2.45) is 17.8 Å². The normalized spacial score (nSPS) is 34.1. The number of ketones is 2. The van der Waals surface area contributed by atoms with Crippen LogP contribution in [0.15, 0.2) is 37.1 Å². The fourth-order valence-corrected chi connectivity index (χ4v) is 7.46. The number of alkyl halides is 1. The smallest absolute Gasteiger partial charge is 0.410 e. The van der Waals surface area contributed by atoms with Crippen LogP contribution in [0.5, 0.6) is 0 Å². The summed E-state index contributed by atoms with van der Waals surface area (Å²) in [6.45, 7) is 12.1. The molecule has 4 rings (SSSR count). The molecule has 2 aromatic heterocycles. The summed E-state index contributed by atoms with van der Waals surface area (Å²) >= 11 is 0. The molecule has 0 N–H and O–H groups in total. The van der Waals surface area contributed by atoms with E-state index in [2.05, 4.69) is 9.97 Å². The number of methoxy groups -OCH3 is 1. The third-order valence-corrected chi connectivity index (χ3v) is 10.1. The largest absolute Gasteiger partial charge is 0.455 e. The first-order valence-corrected chi connectivity index (χ1v) is 16.5. The van der Waals surface area contributed by atoms with Crippen LogP contribution < -0.4 is 0 Å². The van der Waals surface area contributed by atoms with E-state index in [0.29, 0.717) is 19.4 Å². The number of carbonyl (C=O) groups excluding carboxylic acids is 4. The molecular weight excluding hydrogens is 607 g/mol. The van der Waals surface area contributed by atoms with E-state index in [9.17, 15) is 19.2 Å². The van der Waals surface area contributed by atoms with Crippen molar-refractivity contribution in [3.63, 3.8) is 0 Å². The molecule has 2 aliphatic heterocycles. The third kappa shape index (κ3) is 7.42. The van der Waals surface area contributed by atoms with Gasteiger partial charge in [0.25, 0.3) is 5.67 Å². The van der Waals surface area contributed by atoms with Crippen molar-refractivity contribution in [1.29, 1.82) is 0 Å². The molecule has 0 aromatic carbocycles. The highest BCUT2D eigenvalue weighted by Crippen LogP contribution is 2.42. The molecule has 47 heavy (non-hydrogen) atoms. The van der Waals surface area contributed by atoms with Crippen LogP contribution in [-0.2, 0) is 35.1 Å². The molecule has 0 aliphatic carbocycles. The Kier molecular flexibility index (Phi) is 10.9. The number of unbranched alkanes of at least 4 members (excludes halogenated alkanes) is 1. The van der Waals surface area contributed by atoms with Gasteiger partial charge in [0.15, 0.2) is 11.4 Å². The zero-order valence-corrected chi connectivity index (χ0v) is 28.8. The monoisotopic (exact) mass is 656 g/mol. The lowest BCUT2D eigenvalue weighted by Crippen LogP contribution is -2.59. The summed E-state index contributed by atoms with van der Waals surface area (Å²) in [5.41, 5.74) is -3.65. The Morgan fingerprint density at radius 2 is 1.72 bits per heavy atom. The quantitative estimate of drug-likeness (QED) is 0.203. The number of pyridine rings is 1. The number of hydrogen-bond donors (Lipinski definition) is 0. The Morgan fingerprint density at radius 1 is 1.04 bits per heavy atom. The number of aryl methyl sites for hydroxylation is 1. The van der Waals surface area contributed by atoms with Crippen molar-refractivity contribution in [3.8, 4) is 11.3 Å². The number of nitrogens with zero attached hydrogens (tertiary/aromatic N) is 4. The SMILES string of the molecule is CC[C@H]1OC(=O)[C@@](C)(F)C(=O)[C@H](C)C[C@](C)(OC)C[C@@H](C)C(=O)[C@H](C)[C@H]2N(CCCCn3cnc(-c4cccnc4)c3)C(=O)O[C@]12C. The van der Waals surface area contributed by atoms with Gasteiger partial charge in [-0.15, -0.1) is 0 Å². The van der Waals surface area contributed by atoms with Gasteiger partial charge in [-0.3, -0.25) is 14.6 Å². The van der Waals surface area contributed by atoms with Crippen LogP contribution in [0.4, 0.5) is 9.18 Å². The van der Waals surface area contributed by atoms with Gasteiger partial charge in [-0.1, -0.05) is 27.7 Å². The predicted molar refractivity (Wildman–Crippen MR) is 172 cm³/mol. The van der Waals surface area contributed by atoms with Gasteiger partial charge in [-0.05, 0) is 65.0 Å². The third-order valence-electron chi connectivity index (χ3n) is 10.1. The van der Waals surface area contributed by atoms with E-state index in [0.717, 1.165) is 18.2 Å². The fourth-order valence-electron chi connectivity index (χ4n) is 7.46. The Labute approximate surface area is 276 Å². The molecule has 1 amide bonds. The van der Waals surface area contributed by atoms with Crippen molar-refractivity contribution in [1.82, 2.24) is 19.4 Å². The van der Waals surface area contributed by atoms with E-state index < -0.39 is 64.6 Å². The van der Waals surface area contributed by atoms with Crippen LogP contribution in [0.2, 0.25) is 0 Å². The summed E-state index contributed by atoms with van der Waals surface area (Å²) in [5.74, 6) is -4.51. The van der Waals surface area contributed by atoms with E-state index in [1.165, 1.54) is 7.11 Å². The first-order valence-electron chi connectivity index (χ1n) is 16.5. The van der Waals surface area contributed by atoms with E-state index in [1.807, 2.05) is 22.9 Å². The minimum atomic E-state index is -2.93. The van der Waals surface area contributed by atoms with Crippen molar-refractivity contribution in [2.45, 2.75) is 116 Å². The highest BCUT2D eigenvalue weighted by atomic mass is 19.1. The molecule has 12 heteroatoms. The summed E-state index contributed by atoms with van der Waals surface area (Å²) in [4.78, 5) is 64.4. The highest BCUT2D eigenvalue weighted by molar-refractivity contribution is 6.07. The molecule has 2 fully saturated rings. The molecule has 0 unspecified atom stereocenters. The lowest BCUT2D eigenvalue weighted by atomic mass is 9.74. The van der Waals surface area contributed by atoms with Crippen LogP contribution in [-0.4, -0.2) is 85.7 Å². The first kappa shape index (κ1) is 36.2. The highest BCUT2D eigenvalue weighted by Gasteiger charge is 2.60. The molecule has 0 bridgehead atoms. The van der Waals surface area contributed by atoms with Gasteiger partial charge in [0.05, 0.1) is 23.7 Å². The minimum Gasteiger partial charge on any atom is -0.455 e. The second-order valence-electron chi connectivity index (χ2n) is 13.9. The number of rotatable bonds is 8. The molecular formula is C35H49FN4O7. The number of hydrogen-bond acceptors (Lipinski definition) is 9. The van der Waals surface area contributed by atoms with Gasteiger partial charge in [0, 0.05) is 62.1 Å². The molecule has 4 heterocycles. The van der Waals surface area contributed by atoms with Gasteiger partial charge in [0.2, 0.25) is 0 Å². The summed E-state index contributed by atoms with van der Waals surface area (Å²) < 4.78 is 35.4. The lowest BCUT2D eigenvalue weighted by Gasteiger charge is -2.42. The molecule has 8 atom stereocenters. The molecule has 0 spiro atoms. The van der Waals surface area contributed by atoms with E-state index in [-0.39, 0.29) is 31.6 Å². The van der Waals surface area contributed by atoms with Crippen LogP contribution >= 0.6 is 0 Å². The zero-order chi connectivity index (χ0) is 34.7. The van der Waals surface area contributed by atoms with Gasteiger partial charge in [-0.25, -0.2) is 19.0 Å². The summed E-state index contributed by atoms with van der Waals surface area (Å²) in [7, 11) is 1.49. The van der Waals surface area contributed by atoms with Crippen LogP contribution in [0.25, 0.3) is 11.3 Å². The van der Waals surface area contributed by atoms with E-state index >= 15 is 4.39 Å². The average molecular weight is 657 g/mol. The maximum absolute atomic E-state index is 16.0. The summed E-state index contributed by atoms with van der Waals surface area (Å²) in [6.07, 6.45) is 7.22. The van der Waals surface area contributed by atoms with Crippen molar-refractivity contribution in [3.05, 3.63) is 37.1 Å². The van der Waals surface area contributed by atoms with Crippen molar-refractivity contribution < 1.29 is 37.8 Å². The number of imidazole rings is 1. The maximum Gasteiger partial charge on any atom is 0.410 e. The Bertz CT molecular complexity index is 1450. The average Bonchev–Trinajstić information content (AvgIpc) is 3.62. The predicted octanol–water partition coefficient (Wildman–Crippen LogP) is 5.60. The molecule has 2 aliphatic rings. The molecule has 0 saturated carbocycles. The zero-order valence-electron chi connectivity index (χ0n) is 28.8. The standard InChI is InChI=1S/C35H49FN4O7/c1-9-27-35(7)29(40(32(44)47-35)16-11-10-15-39-20-26(38-21-39)25-13-12-14-37-19-25)24(4)28(41)22(2)17-33(5,45-8)18-23(3)30(42)34(6,36)31(43)46-27/h12-14,19-24,27,29H,9-11,15-18H2,1-8H3/t22-,23-,24+,27-,29-,33-,34+,35-/m1/s1. The Hall–Kier alpha value is -3.67. The molecule has 2 aromatic rings. The lowest BCUT2D eigenvalue weighted by molar-refractivity contribution is -0.180. The number of cyclic esters (lactones) is 1. The van der Waals surface area contributed by atoms with Crippen LogP contribution in [0.3, 0.4) is 0 Å².